The average Bonchev–Trinajstić information content (AvgIpc) is 2.34. The van der Waals surface area contributed by atoms with Crippen LogP contribution in [0.5, 0.6) is 11.5 Å². The summed E-state index contributed by atoms with van der Waals surface area (Å²) in [7, 11) is 0. The summed E-state index contributed by atoms with van der Waals surface area (Å²) in [5, 5.41) is 0.523. The van der Waals surface area contributed by atoms with Gasteiger partial charge in [-0.1, -0.05) is 17.7 Å². The van der Waals surface area contributed by atoms with Crippen molar-refractivity contribution in [3.8, 4) is 11.5 Å². The van der Waals surface area contributed by atoms with E-state index in [4.69, 9.17) is 27.9 Å². The Balaban J connectivity index is 2.40. The van der Waals surface area contributed by atoms with Gasteiger partial charge in [0.2, 0.25) is 0 Å². The summed E-state index contributed by atoms with van der Waals surface area (Å²) < 4.78 is 19.5. The molecule has 2 rings (SSSR count). The highest BCUT2D eigenvalue weighted by Gasteiger charge is 2.10. The summed E-state index contributed by atoms with van der Waals surface area (Å²) in [6.07, 6.45) is 0. The molecule has 18 heavy (non-hydrogen) atoms. The standard InChI is InChI=1S/C13H8BrCl2FO/c14-10-5-4-8(17)6-13(10)18-12-3-1-2-11(16)9(12)7-15/h1-6H,7H2. The van der Waals surface area contributed by atoms with Gasteiger partial charge in [-0.15, -0.1) is 11.6 Å². The molecule has 2 aromatic rings. The minimum atomic E-state index is -0.373. The van der Waals surface area contributed by atoms with E-state index in [1.807, 2.05) is 0 Å². The van der Waals surface area contributed by atoms with Crippen LogP contribution in [0.25, 0.3) is 0 Å². The monoisotopic (exact) mass is 348 g/mol. The van der Waals surface area contributed by atoms with Gasteiger partial charge >= 0.3 is 0 Å². The third-order valence-corrected chi connectivity index (χ3v) is 3.60. The van der Waals surface area contributed by atoms with Crippen molar-refractivity contribution >= 4 is 39.1 Å². The summed E-state index contributed by atoms with van der Waals surface area (Å²) in [5.41, 5.74) is 0.678. The molecule has 2 aromatic carbocycles. The van der Waals surface area contributed by atoms with Crippen LogP contribution in [0.2, 0.25) is 5.02 Å². The average molecular weight is 350 g/mol. The van der Waals surface area contributed by atoms with Crippen molar-refractivity contribution in [2.45, 2.75) is 5.88 Å². The highest BCUT2D eigenvalue weighted by atomic mass is 79.9. The van der Waals surface area contributed by atoms with Gasteiger partial charge in [0.1, 0.15) is 17.3 Å². The van der Waals surface area contributed by atoms with Crippen LogP contribution in [-0.4, -0.2) is 0 Å². The molecule has 0 amide bonds. The zero-order valence-corrected chi connectivity index (χ0v) is 12.2. The summed E-state index contributed by atoms with van der Waals surface area (Å²) in [4.78, 5) is 0. The first-order valence-corrected chi connectivity index (χ1v) is 6.78. The van der Waals surface area contributed by atoms with Crippen LogP contribution in [0.4, 0.5) is 4.39 Å². The Bertz CT molecular complexity index is 575. The Morgan fingerprint density at radius 2 is 1.94 bits per heavy atom. The van der Waals surface area contributed by atoms with Crippen molar-refractivity contribution in [3.05, 3.63) is 57.3 Å². The molecule has 1 nitrogen and oxygen atoms in total. The highest BCUT2D eigenvalue weighted by molar-refractivity contribution is 9.10. The minimum absolute atomic E-state index is 0.224. The normalized spacial score (nSPS) is 10.4. The second-order valence-corrected chi connectivity index (χ2v) is 5.06. The molecule has 0 aliphatic rings. The predicted octanol–water partition coefficient (Wildman–Crippen LogP) is 5.77. The Morgan fingerprint density at radius 1 is 1.17 bits per heavy atom. The summed E-state index contributed by atoms with van der Waals surface area (Å²) >= 11 is 15.1. The van der Waals surface area contributed by atoms with Crippen molar-refractivity contribution in [3.63, 3.8) is 0 Å². The zero-order chi connectivity index (χ0) is 13.1. The third kappa shape index (κ3) is 2.97. The molecule has 0 N–H and O–H groups in total. The molecule has 0 bridgehead atoms. The van der Waals surface area contributed by atoms with E-state index in [2.05, 4.69) is 15.9 Å². The number of hydrogen-bond acceptors (Lipinski definition) is 1. The number of alkyl halides is 1. The lowest BCUT2D eigenvalue weighted by molar-refractivity contribution is 0.469. The number of ether oxygens (including phenoxy) is 1. The van der Waals surface area contributed by atoms with Crippen molar-refractivity contribution in [2.24, 2.45) is 0 Å². The van der Waals surface area contributed by atoms with E-state index < -0.39 is 0 Å². The van der Waals surface area contributed by atoms with Gasteiger partial charge in [0.25, 0.3) is 0 Å². The lowest BCUT2D eigenvalue weighted by atomic mass is 10.2. The molecule has 5 heteroatoms. The van der Waals surface area contributed by atoms with Crippen LogP contribution in [0.15, 0.2) is 40.9 Å². The second-order valence-electron chi connectivity index (χ2n) is 3.53. The van der Waals surface area contributed by atoms with E-state index in [1.165, 1.54) is 12.1 Å². The fourth-order valence-corrected chi connectivity index (χ4v) is 2.34. The largest absolute Gasteiger partial charge is 0.456 e. The molecule has 0 aromatic heterocycles. The van der Waals surface area contributed by atoms with E-state index in [9.17, 15) is 4.39 Å². The third-order valence-electron chi connectivity index (χ3n) is 2.32. The molecule has 0 saturated carbocycles. The minimum Gasteiger partial charge on any atom is -0.456 e. The van der Waals surface area contributed by atoms with Crippen molar-refractivity contribution < 1.29 is 9.13 Å². The number of rotatable bonds is 3. The van der Waals surface area contributed by atoms with Gasteiger partial charge in [-0.25, -0.2) is 4.39 Å². The van der Waals surface area contributed by atoms with Gasteiger partial charge in [-0.3, -0.25) is 0 Å². The van der Waals surface area contributed by atoms with Gasteiger partial charge in [-0.2, -0.15) is 0 Å². The molecule has 0 unspecified atom stereocenters. The molecule has 0 saturated heterocycles. The first-order valence-electron chi connectivity index (χ1n) is 5.08. The van der Waals surface area contributed by atoms with Gasteiger partial charge in [-0.05, 0) is 40.2 Å². The number of hydrogen-bond donors (Lipinski definition) is 0. The maximum Gasteiger partial charge on any atom is 0.144 e. The number of halogens is 4. The topological polar surface area (TPSA) is 9.23 Å². The molecule has 0 radical (unpaired) electrons. The van der Waals surface area contributed by atoms with E-state index in [1.54, 1.807) is 24.3 Å². The summed E-state index contributed by atoms with van der Waals surface area (Å²) in [6, 6.07) is 9.44. The summed E-state index contributed by atoms with van der Waals surface area (Å²) in [6.45, 7) is 0. The molecule has 0 atom stereocenters. The van der Waals surface area contributed by atoms with Gasteiger partial charge in [0.05, 0.1) is 10.4 Å². The molecule has 94 valence electrons. The Morgan fingerprint density at radius 3 is 2.67 bits per heavy atom. The van der Waals surface area contributed by atoms with Gasteiger partial charge < -0.3 is 4.74 Å². The lowest BCUT2D eigenvalue weighted by Gasteiger charge is -2.12. The van der Waals surface area contributed by atoms with E-state index in [0.29, 0.717) is 26.6 Å². The van der Waals surface area contributed by atoms with Gasteiger partial charge in [0, 0.05) is 16.7 Å². The van der Waals surface area contributed by atoms with Crippen LogP contribution in [0.1, 0.15) is 5.56 Å². The SMILES string of the molecule is Fc1ccc(Br)c(Oc2cccc(Cl)c2CCl)c1. The first kappa shape index (κ1) is 13.7. The second kappa shape index (κ2) is 5.91. The first-order chi connectivity index (χ1) is 8.61. The van der Waals surface area contributed by atoms with Crippen LogP contribution >= 0.6 is 39.1 Å². The van der Waals surface area contributed by atoms with Crippen molar-refractivity contribution in [1.29, 1.82) is 0 Å². The smallest absolute Gasteiger partial charge is 0.144 e. The highest BCUT2D eigenvalue weighted by Crippen LogP contribution is 2.35. The fraction of sp³-hybridized carbons (Fsp3) is 0.0769. The molecular weight excluding hydrogens is 342 g/mol. The molecule has 0 heterocycles. The van der Waals surface area contributed by atoms with Crippen LogP contribution in [0, 0.1) is 5.82 Å². The van der Waals surface area contributed by atoms with Crippen LogP contribution < -0.4 is 4.74 Å². The van der Waals surface area contributed by atoms with Gasteiger partial charge in [0.15, 0.2) is 0 Å². The zero-order valence-electron chi connectivity index (χ0n) is 9.09. The number of benzene rings is 2. The maximum absolute atomic E-state index is 13.2. The van der Waals surface area contributed by atoms with E-state index in [0.717, 1.165) is 0 Å². The van der Waals surface area contributed by atoms with Crippen LogP contribution in [-0.2, 0) is 5.88 Å². The van der Waals surface area contributed by atoms with Crippen molar-refractivity contribution in [2.75, 3.05) is 0 Å². The Kier molecular flexibility index (Phi) is 4.49. The molecule has 0 fully saturated rings. The van der Waals surface area contributed by atoms with E-state index in [-0.39, 0.29) is 11.7 Å². The Labute approximate surface area is 123 Å². The Hall–Kier alpha value is -0.770. The van der Waals surface area contributed by atoms with Crippen molar-refractivity contribution in [1.82, 2.24) is 0 Å². The maximum atomic E-state index is 13.2. The molecular formula is C13H8BrCl2FO. The quantitative estimate of drug-likeness (QED) is 0.639. The molecule has 0 spiro atoms. The van der Waals surface area contributed by atoms with Crippen LogP contribution in [0.3, 0.4) is 0 Å². The molecule has 0 aliphatic carbocycles. The fourth-order valence-electron chi connectivity index (χ4n) is 1.44. The predicted molar refractivity (Wildman–Crippen MR) is 75.2 cm³/mol. The molecule has 0 aliphatic heterocycles. The van der Waals surface area contributed by atoms with E-state index >= 15 is 0 Å². The summed E-state index contributed by atoms with van der Waals surface area (Å²) in [5.74, 6) is 0.747. The lowest BCUT2D eigenvalue weighted by Crippen LogP contribution is -1.92.